The van der Waals surface area contributed by atoms with E-state index >= 15 is 0 Å². The van der Waals surface area contributed by atoms with Crippen LogP contribution in [0.4, 0.5) is 0 Å². The van der Waals surface area contributed by atoms with Gasteiger partial charge in [-0.1, -0.05) is 29.8 Å². The molecule has 0 amide bonds. The normalized spacial score (nSPS) is 15.7. The highest BCUT2D eigenvalue weighted by atomic mass is 127. The zero-order chi connectivity index (χ0) is 16.1. The third-order valence-electron chi connectivity index (χ3n) is 4.25. The molecule has 1 heterocycles. The van der Waals surface area contributed by atoms with Crippen molar-refractivity contribution in [2.24, 2.45) is 4.99 Å². The fourth-order valence-electron chi connectivity index (χ4n) is 3.12. The highest BCUT2D eigenvalue weighted by Crippen LogP contribution is 2.26. The lowest BCUT2D eigenvalue weighted by Gasteiger charge is -2.28. The second-order valence-electron chi connectivity index (χ2n) is 6.60. The molecule has 0 spiro atoms. The minimum atomic E-state index is 0. The molecule has 0 aromatic heterocycles. The molecule has 23 heavy (non-hydrogen) atoms. The maximum atomic E-state index is 4.89. The van der Waals surface area contributed by atoms with Gasteiger partial charge in [-0.3, -0.25) is 9.89 Å². The Morgan fingerprint density at radius 3 is 2.04 bits per heavy atom. The molecular formula is C18H31IN4. The van der Waals surface area contributed by atoms with Gasteiger partial charge in [0.05, 0.1) is 12.6 Å². The third kappa shape index (κ3) is 5.64. The number of aliphatic imine (C=N–C) groups is 1. The minimum Gasteiger partial charge on any atom is -0.349 e. The molecule has 1 aromatic rings. The summed E-state index contributed by atoms with van der Waals surface area (Å²) in [5.74, 6) is 1.02. The first-order valence-corrected chi connectivity index (χ1v) is 8.18. The van der Waals surface area contributed by atoms with E-state index in [9.17, 15) is 0 Å². The van der Waals surface area contributed by atoms with E-state index in [1.807, 2.05) is 0 Å². The van der Waals surface area contributed by atoms with E-state index in [-0.39, 0.29) is 24.0 Å². The number of aryl methyl sites for hydroxylation is 1. The summed E-state index contributed by atoms with van der Waals surface area (Å²) < 4.78 is 0. The molecule has 0 saturated carbocycles. The van der Waals surface area contributed by atoms with Crippen LogP contribution in [0.25, 0.3) is 0 Å². The highest BCUT2D eigenvalue weighted by molar-refractivity contribution is 14.0. The van der Waals surface area contributed by atoms with Gasteiger partial charge in [-0.2, -0.15) is 0 Å². The van der Waals surface area contributed by atoms with Gasteiger partial charge in [0.2, 0.25) is 0 Å². The molecule has 1 fully saturated rings. The summed E-state index contributed by atoms with van der Waals surface area (Å²) in [5, 5.41) is 0. The Kier molecular flexibility index (Phi) is 8.33. The summed E-state index contributed by atoms with van der Waals surface area (Å²) in [6.07, 6.45) is 2.61. The van der Waals surface area contributed by atoms with Crippen molar-refractivity contribution in [2.75, 3.05) is 47.8 Å². The topological polar surface area (TPSA) is 22.1 Å². The molecule has 130 valence electrons. The highest BCUT2D eigenvalue weighted by Gasteiger charge is 2.23. The monoisotopic (exact) mass is 430 g/mol. The van der Waals surface area contributed by atoms with Crippen LogP contribution in [-0.4, -0.2) is 68.5 Å². The Morgan fingerprint density at radius 1 is 1.04 bits per heavy atom. The summed E-state index contributed by atoms with van der Waals surface area (Å²) in [4.78, 5) is 11.6. The molecule has 1 atom stereocenters. The van der Waals surface area contributed by atoms with Gasteiger partial charge in [0.25, 0.3) is 0 Å². The predicted octanol–water partition coefficient (Wildman–Crippen LogP) is 3.23. The smallest absolute Gasteiger partial charge is 0.195 e. The Balaban J connectivity index is 0.00000264. The van der Waals surface area contributed by atoms with Gasteiger partial charge >= 0.3 is 0 Å². The van der Waals surface area contributed by atoms with Crippen LogP contribution in [0.3, 0.4) is 0 Å². The van der Waals surface area contributed by atoms with E-state index in [0.29, 0.717) is 6.04 Å². The maximum Gasteiger partial charge on any atom is 0.195 e. The SMILES string of the molecule is Cc1ccc(C(CN=C(N(C)C)N(C)C)N2CCCC2)cc1.I. The molecule has 1 unspecified atom stereocenters. The van der Waals surface area contributed by atoms with Crippen molar-refractivity contribution >= 4 is 29.9 Å². The van der Waals surface area contributed by atoms with Crippen LogP contribution in [-0.2, 0) is 0 Å². The Bertz CT molecular complexity index is 480. The lowest BCUT2D eigenvalue weighted by Crippen LogP contribution is -2.36. The fourth-order valence-corrected chi connectivity index (χ4v) is 3.12. The zero-order valence-electron chi connectivity index (χ0n) is 15.1. The number of rotatable bonds is 4. The molecule has 0 aliphatic carbocycles. The molecular weight excluding hydrogens is 399 g/mol. The van der Waals surface area contributed by atoms with Crippen LogP contribution in [0.5, 0.6) is 0 Å². The van der Waals surface area contributed by atoms with Crippen LogP contribution in [0.1, 0.15) is 30.0 Å². The van der Waals surface area contributed by atoms with Crippen molar-refractivity contribution in [3.05, 3.63) is 35.4 Å². The zero-order valence-corrected chi connectivity index (χ0v) is 17.4. The minimum absolute atomic E-state index is 0. The molecule has 0 N–H and O–H groups in total. The number of guanidine groups is 1. The van der Waals surface area contributed by atoms with Gasteiger partial charge in [-0.25, -0.2) is 0 Å². The summed E-state index contributed by atoms with van der Waals surface area (Å²) in [6, 6.07) is 9.33. The van der Waals surface area contributed by atoms with E-state index in [0.717, 1.165) is 12.5 Å². The van der Waals surface area contributed by atoms with Crippen molar-refractivity contribution in [3.63, 3.8) is 0 Å². The standard InChI is InChI=1S/C18H30N4.HI/c1-15-8-10-16(11-9-15)17(22-12-6-7-13-22)14-19-18(20(2)3)21(4)5;/h8-11,17H,6-7,12-14H2,1-5H3;1H. The fraction of sp³-hybridized carbons (Fsp3) is 0.611. The second kappa shape index (κ2) is 9.47. The van der Waals surface area contributed by atoms with E-state index in [2.05, 4.69) is 74.1 Å². The maximum absolute atomic E-state index is 4.89. The van der Waals surface area contributed by atoms with E-state index in [1.54, 1.807) is 0 Å². The lowest BCUT2D eigenvalue weighted by atomic mass is 10.0. The molecule has 2 rings (SSSR count). The van der Waals surface area contributed by atoms with Gasteiger partial charge in [0.1, 0.15) is 0 Å². The van der Waals surface area contributed by atoms with Crippen molar-refractivity contribution < 1.29 is 0 Å². The first-order valence-electron chi connectivity index (χ1n) is 8.18. The third-order valence-corrected chi connectivity index (χ3v) is 4.25. The van der Waals surface area contributed by atoms with Gasteiger partial charge in [-0.05, 0) is 38.4 Å². The number of nitrogens with zero attached hydrogens (tertiary/aromatic N) is 4. The molecule has 5 heteroatoms. The molecule has 1 aromatic carbocycles. The van der Waals surface area contributed by atoms with Crippen molar-refractivity contribution in [1.29, 1.82) is 0 Å². The van der Waals surface area contributed by atoms with Crippen molar-refractivity contribution in [1.82, 2.24) is 14.7 Å². The number of hydrogen-bond donors (Lipinski definition) is 0. The second-order valence-corrected chi connectivity index (χ2v) is 6.60. The van der Waals surface area contributed by atoms with E-state index in [1.165, 1.54) is 37.1 Å². The molecule has 0 radical (unpaired) electrons. The average Bonchev–Trinajstić information content (AvgIpc) is 2.98. The van der Waals surface area contributed by atoms with Crippen LogP contribution in [0, 0.1) is 6.92 Å². The van der Waals surface area contributed by atoms with Gasteiger partial charge in [0, 0.05) is 28.2 Å². The molecule has 1 aliphatic rings. The summed E-state index contributed by atoms with van der Waals surface area (Å²) in [6.45, 7) is 5.33. The van der Waals surface area contributed by atoms with Crippen molar-refractivity contribution in [2.45, 2.75) is 25.8 Å². The Hall–Kier alpha value is -0.820. The molecule has 4 nitrogen and oxygen atoms in total. The molecule has 1 aliphatic heterocycles. The van der Waals surface area contributed by atoms with Crippen LogP contribution >= 0.6 is 24.0 Å². The van der Waals surface area contributed by atoms with Crippen LogP contribution < -0.4 is 0 Å². The summed E-state index contributed by atoms with van der Waals surface area (Å²) >= 11 is 0. The molecule has 1 saturated heterocycles. The average molecular weight is 430 g/mol. The first kappa shape index (κ1) is 20.2. The van der Waals surface area contributed by atoms with Crippen LogP contribution in [0.15, 0.2) is 29.3 Å². The van der Waals surface area contributed by atoms with Gasteiger partial charge < -0.3 is 9.80 Å². The van der Waals surface area contributed by atoms with E-state index < -0.39 is 0 Å². The van der Waals surface area contributed by atoms with Crippen molar-refractivity contribution in [3.8, 4) is 0 Å². The Morgan fingerprint density at radius 2 is 1.57 bits per heavy atom. The van der Waals surface area contributed by atoms with Gasteiger partial charge in [-0.15, -0.1) is 24.0 Å². The number of hydrogen-bond acceptors (Lipinski definition) is 2. The van der Waals surface area contributed by atoms with Crippen LogP contribution in [0.2, 0.25) is 0 Å². The van der Waals surface area contributed by atoms with Gasteiger partial charge in [0.15, 0.2) is 5.96 Å². The number of likely N-dealkylation sites (tertiary alicyclic amines) is 1. The number of benzene rings is 1. The number of halogens is 1. The predicted molar refractivity (Wildman–Crippen MR) is 110 cm³/mol. The quantitative estimate of drug-likeness (QED) is 0.416. The lowest BCUT2D eigenvalue weighted by molar-refractivity contribution is 0.250. The largest absolute Gasteiger partial charge is 0.349 e. The summed E-state index contributed by atoms with van der Waals surface area (Å²) in [7, 11) is 8.20. The first-order chi connectivity index (χ1) is 10.5. The summed E-state index contributed by atoms with van der Waals surface area (Å²) in [5.41, 5.74) is 2.70. The van der Waals surface area contributed by atoms with E-state index in [4.69, 9.17) is 4.99 Å². The molecule has 0 bridgehead atoms. The Labute approximate surface area is 158 Å².